The summed E-state index contributed by atoms with van der Waals surface area (Å²) in [5.74, 6) is -0.466. The van der Waals surface area contributed by atoms with E-state index in [0.717, 1.165) is 11.3 Å². The Labute approximate surface area is 176 Å². The second-order valence-electron chi connectivity index (χ2n) is 8.07. The zero-order chi connectivity index (χ0) is 21.1. The van der Waals surface area contributed by atoms with E-state index in [4.69, 9.17) is 0 Å². The molecule has 7 heteroatoms. The van der Waals surface area contributed by atoms with Gasteiger partial charge in [0.25, 0.3) is 0 Å². The molecule has 3 amide bonds. The zero-order valence-corrected chi connectivity index (χ0v) is 17.1. The van der Waals surface area contributed by atoms with Crippen molar-refractivity contribution in [1.82, 2.24) is 9.88 Å². The van der Waals surface area contributed by atoms with Crippen molar-refractivity contribution in [3.63, 3.8) is 0 Å². The minimum atomic E-state index is -0.320. The SMILES string of the molecule is Cc1ccc(N2CC(C(=O)N3CCC(C(=O)Nc4cccnc4)CC3)CC2=O)cc1. The van der Waals surface area contributed by atoms with Gasteiger partial charge in [0.2, 0.25) is 17.7 Å². The number of rotatable bonds is 4. The summed E-state index contributed by atoms with van der Waals surface area (Å²) in [7, 11) is 0. The van der Waals surface area contributed by atoms with Crippen LogP contribution >= 0.6 is 0 Å². The van der Waals surface area contributed by atoms with Gasteiger partial charge in [-0.15, -0.1) is 0 Å². The van der Waals surface area contributed by atoms with Crippen LogP contribution in [0.2, 0.25) is 0 Å². The molecule has 3 heterocycles. The molecule has 2 aromatic rings. The van der Waals surface area contributed by atoms with Crippen LogP contribution in [0.15, 0.2) is 48.8 Å². The third-order valence-electron chi connectivity index (χ3n) is 5.93. The molecule has 1 N–H and O–H groups in total. The number of likely N-dealkylation sites (tertiary alicyclic amines) is 1. The van der Waals surface area contributed by atoms with Crippen LogP contribution in [0.4, 0.5) is 11.4 Å². The number of aromatic nitrogens is 1. The number of carbonyl (C=O) groups is 3. The summed E-state index contributed by atoms with van der Waals surface area (Å²) in [4.78, 5) is 45.4. The number of hydrogen-bond donors (Lipinski definition) is 1. The lowest BCUT2D eigenvalue weighted by molar-refractivity contribution is -0.138. The highest BCUT2D eigenvalue weighted by molar-refractivity contribution is 6.00. The predicted octanol–water partition coefficient (Wildman–Crippen LogP) is 2.62. The van der Waals surface area contributed by atoms with E-state index in [1.165, 1.54) is 0 Å². The van der Waals surface area contributed by atoms with Crippen molar-refractivity contribution in [3.8, 4) is 0 Å². The summed E-state index contributed by atoms with van der Waals surface area (Å²) in [6.07, 6.45) is 4.77. The highest BCUT2D eigenvalue weighted by atomic mass is 16.2. The third kappa shape index (κ3) is 4.35. The topological polar surface area (TPSA) is 82.6 Å². The Bertz CT molecular complexity index is 921. The molecule has 0 spiro atoms. The molecular formula is C23H26N4O3. The molecule has 0 aliphatic carbocycles. The van der Waals surface area contributed by atoms with Crippen molar-refractivity contribution in [1.29, 1.82) is 0 Å². The Morgan fingerprint density at radius 3 is 2.47 bits per heavy atom. The zero-order valence-electron chi connectivity index (χ0n) is 17.1. The van der Waals surface area contributed by atoms with Crippen LogP contribution in [0, 0.1) is 18.8 Å². The monoisotopic (exact) mass is 406 g/mol. The summed E-state index contributed by atoms with van der Waals surface area (Å²) < 4.78 is 0. The number of carbonyl (C=O) groups excluding carboxylic acids is 3. The molecule has 1 atom stereocenters. The number of nitrogens with zero attached hydrogens (tertiary/aromatic N) is 3. The lowest BCUT2D eigenvalue weighted by Crippen LogP contribution is -2.44. The summed E-state index contributed by atoms with van der Waals surface area (Å²) in [6, 6.07) is 11.4. The van der Waals surface area contributed by atoms with Crippen molar-refractivity contribution in [2.45, 2.75) is 26.2 Å². The van der Waals surface area contributed by atoms with Crippen molar-refractivity contribution in [3.05, 3.63) is 54.4 Å². The average molecular weight is 406 g/mol. The number of nitrogens with one attached hydrogen (secondary N) is 1. The number of anilines is 2. The first-order valence-corrected chi connectivity index (χ1v) is 10.4. The molecule has 2 saturated heterocycles. The van der Waals surface area contributed by atoms with Gasteiger partial charge in [-0.05, 0) is 44.0 Å². The molecule has 2 aliphatic heterocycles. The van der Waals surface area contributed by atoms with Gasteiger partial charge in [-0.25, -0.2) is 0 Å². The van der Waals surface area contributed by atoms with Crippen LogP contribution in [0.5, 0.6) is 0 Å². The number of amides is 3. The van der Waals surface area contributed by atoms with Crippen LogP contribution in [0.3, 0.4) is 0 Å². The highest BCUT2D eigenvalue weighted by Crippen LogP contribution is 2.28. The van der Waals surface area contributed by atoms with Crippen molar-refractivity contribution in [2.24, 2.45) is 11.8 Å². The van der Waals surface area contributed by atoms with E-state index in [1.54, 1.807) is 29.4 Å². The Balaban J connectivity index is 1.30. The highest BCUT2D eigenvalue weighted by Gasteiger charge is 2.38. The molecule has 2 aliphatic rings. The van der Waals surface area contributed by atoms with Crippen molar-refractivity contribution in [2.75, 3.05) is 29.9 Å². The molecular weight excluding hydrogens is 380 g/mol. The van der Waals surface area contributed by atoms with Crippen LogP contribution < -0.4 is 10.2 Å². The normalized spacial score (nSPS) is 19.8. The van der Waals surface area contributed by atoms with Gasteiger partial charge in [0.1, 0.15) is 0 Å². The standard InChI is InChI=1S/C23H26N4O3/c1-16-4-6-20(7-5-16)27-15-18(13-21(27)28)23(30)26-11-8-17(9-12-26)22(29)25-19-3-2-10-24-14-19/h2-7,10,14,17-18H,8-9,11-13,15H2,1H3,(H,25,29). The number of benzene rings is 1. The molecule has 4 rings (SSSR count). The van der Waals surface area contributed by atoms with E-state index in [9.17, 15) is 14.4 Å². The van der Waals surface area contributed by atoms with E-state index >= 15 is 0 Å². The maximum Gasteiger partial charge on any atom is 0.228 e. The Morgan fingerprint density at radius 1 is 1.07 bits per heavy atom. The maximum atomic E-state index is 13.0. The van der Waals surface area contributed by atoms with Crippen LogP contribution in [-0.2, 0) is 14.4 Å². The Morgan fingerprint density at radius 2 is 1.80 bits per heavy atom. The minimum Gasteiger partial charge on any atom is -0.342 e. The van der Waals surface area contributed by atoms with Gasteiger partial charge in [-0.2, -0.15) is 0 Å². The lowest BCUT2D eigenvalue weighted by atomic mass is 9.94. The molecule has 7 nitrogen and oxygen atoms in total. The molecule has 1 unspecified atom stereocenters. The number of aryl methyl sites for hydroxylation is 1. The Hall–Kier alpha value is -3.22. The van der Waals surface area contributed by atoms with E-state index < -0.39 is 0 Å². The summed E-state index contributed by atoms with van der Waals surface area (Å²) in [5, 5.41) is 2.89. The molecule has 0 bridgehead atoms. The molecule has 1 aromatic heterocycles. The predicted molar refractivity (Wildman–Crippen MR) is 114 cm³/mol. The van der Waals surface area contributed by atoms with Gasteiger partial charge in [0.15, 0.2) is 0 Å². The quantitative estimate of drug-likeness (QED) is 0.846. The van der Waals surface area contributed by atoms with Gasteiger partial charge in [-0.3, -0.25) is 19.4 Å². The van der Waals surface area contributed by atoms with E-state index in [2.05, 4.69) is 10.3 Å². The summed E-state index contributed by atoms with van der Waals surface area (Å²) in [6.45, 7) is 3.50. The van der Waals surface area contributed by atoms with Crippen molar-refractivity contribution >= 4 is 29.1 Å². The Kier molecular flexibility index (Phi) is 5.79. The van der Waals surface area contributed by atoms with Gasteiger partial charge in [0.05, 0.1) is 17.8 Å². The summed E-state index contributed by atoms with van der Waals surface area (Å²) in [5.41, 5.74) is 2.65. The molecule has 1 aromatic carbocycles. The fraction of sp³-hybridized carbons (Fsp3) is 0.391. The van der Waals surface area contributed by atoms with E-state index in [1.807, 2.05) is 36.1 Å². The number of hydrogen-bond acceptors (Lipinski definition) is 4. The molecule has 30 heavy (non-hydrogen) atoms. The fourth-order valence-electron chi connectivity index (χ4n) is 4.15. The number of pyridine rings is 1. The van der Waals surface area contributed by atoms with Gasteiger partial charge in [0, 0.05) is 43.9 Å². The van der Waals surface area contributed by atoms with Crippen LogP contribution in [-0.4, -0.2) is 47.2 Å². The average Bonchev–Trinajstić information content (AvgIpc) is 3.16. The molecule has 156 valence electrons. The largest absolute Gasteiger partial charge is 0.342 e. The second kappa shape index (κ2) is 8.65. The summed E-state index contributed by atoms with van der Waals surface area (Å²) >= 11 is 0. The number of piperidine rings is 1. The first-order valence-electron chi connectivity index (χ1n) is 10.4. The van der Waals surface area contributed by atoms with Crippen LogP contribution in [0.1, 0.15) is 24.8 Å². The first-order chi connectivity index (χ1) is 14.5. The maximum absolute atomic E-state index is 13.0. The first kappa shape index (κ1) is 20.1. The molecule has 0 saturated carbocycles. The van der Waals surface area contributed by atoms with Crippen molar-refractivity contribution < 1.29 is 14.4 Å². The lowest BCUT2D eigenvalue weighted by Gasteiger charge is -2.32. The second-order valence-corrected chi connectivity index (χ2v) is 8.07. The van der Waals surface area contributed by atoms with Crippen LogP contribution in [0.25, 0.3) is 0 Å². The van der Waals surface area contributed by atoms with Gasteiger partial charge in [-0.1, -0.05) is 17.7 Å². The fourth-order valence-corrected chi connectivity index (χ4v) is 4.15. The minimum absolute atomic E-state index is 0.0112. The third-order valence-corrected chi connectivity index (χ3v) is 5.93. The molecule has 2 fully saturated rings. The van der Waals surface area contributed by atoms with Gasteiger partial charge < -0.3 is 15.1 Å². The van der Waals surface area contributed by atoms with Gasteiger partial charge >= 0.3 is 0 Å². The van der Waals surface area contributed by atoms with E-state index in [0.29, 0.717) is 38.2 Å². The molecule has 0 radical (unpaired) electrons. The van der Waals surface area contributed by atoms with E-state index in [-0.39, 0.29) is 36.0 Å². The smallest absolute Gasteiger partial charge is 0.228 e.